The Morgan fingerprint density at radius 3 is 2.60 bits per heavy atom. The van der Waals surface area contributed by atoms with Crippen LogP contribution in [-0.4, -0.2) is 22.2 Å². The van der Waals surface area contributed by atoms with Gasteiger partial charge >= 0.3 is 0 Å². The van der Waals surface area contributed by atoms with Gasteiger partial charge in [0.25, 0.3) is 0 Å². The molecule has 2 aromatic rings. The van der Waals surface area contributed by atoms with Crippen LogP contribution < -0.4 is 4.74 Å². The lowest BCUT2D eigenvalue weighted by molar-refractivity contribution is 0.415. The maximum atomic E-state index is 5.16. The maximum absolute atomic E-state index is 5.16. The van der Waals surface area contributed by atoms with Gasteiger partial charge in [0.15, 0.2) is 0 Å². The number of benzene rings is 1. The highest BCUT2D eigenvalue weighted by atomic mass is 32.2. The Kier molecular flexibility index (Phi) is 2.21. The van der Waals surface area contributed by atoms with Crippen LogP contribution >= 0.6 is 23.5 Å². The van der Waals surface area contributed by atoms with Crippen molar-refractivity contribution in [3.63, 3.8) is 0 Å². The molecule has 2 heterocycles. The van der Waals surface area contributed by atoms with Crippen LogP contribution in [0.25, 0.3) is 11.0 Å². The van der Waals surface area contributed by atoms with Crippen LogP contribution in [0.2, 0.25) is 0 Å². The van der Waals surface area contributed by atoms with Crippen molar-refractivity contribution in [1.29, 1.82) is 0 Å². The molecule has 0 radical (unpaired) electrons. The Bertz CT molecular complexity index is 530. The van der Waals surface area contributed by atoms with E-state index in [0.717, 1.165) is 31.9 Å². The summed E-state index contributed by atoms with van der Waals surface area (Å²) in [7, 11) is 1.66. The Morgan fingerprint density at radius 2 is 1.87 bits per heavy atom. The molecule has 0 bridgehead atoms. The number of fused-ring (bicyclic) bond motifs is 2. The van der Waals surface area contributed by atoms with Gasteiger partial charge in [-0.15, -0.1) is 0 Å². The second-order valence-electron chi connectivity index (χ2n) is 3.10. The summed E-state index contributed by atoms with van der Waals surface area (Å²) < 4.78 is 5.16. The van der Waals surface area contributed by atoms with Crippen molar-refractivity contribution in [3.05, 3.63) is 18.2 Å². The molecule has 3 nitrogen and oxygen atoms in total. The first-order valence-corrected chi connectivity index (χ1v) is 6.45. The Labute approximate surface area is 95.6 Å². The van der Waals surface area contributed by atoms with Gasteiger partial charge in [-0.1, -0.05) is 23.5 Å². The zero-order valence-electron chi connectivity index (χ0n) is 8.06. The lowest BCUT2D eigenvalue weighted by atomic mass is 10.3. The fraction of sp³-hybridized carbons (Fsp3) is 0.200. The van der Waals surface area contributed by atoms with E-state index in [9.17, 15) is 0 Å². The molecule has 0 aliphatic carbocycles. The highest BCUT2D eigenvalue weighted by Crippen LogP contribution is 2.39. The van der Waals surface area contributed by atoms with E-state index in [2.05, 4.69) is 9.97 Å². The molecule has 0 unspecified atom stereocenters. The van der Waals surface area contributed by atoms with Crippen LogP contribution in [-0.2, 0) is 0 Å². The third-order valence-electron chi connectivity index (χ3n) is 2.20. The smallest absolute Gasteiger partial charge is 0.130 e. The molecule has 0 spiro atoms. The molecule has 1 aromatic carbocycles. The second-order valence-corrected chi connectivity index (χ2v) is 5.39. The molecule has 1 aromatic heterocycles. The predicted octanol–water partition coefficient (Wildman–Crippen LogP) is 2.79. The molecular weight excluding hydrogens is 228 g/mol. The minimum Gasteiger partial charge on any atom is -0.497 e. The summed E-state index contributed by atoms with van der Waals surface area (Å²) in [5.74, 6) is 0.826. The molecule has 0 fully saturated rings. The number of aromatic nitrogens is 2. The van der Waals surface area contributed by atoms with Gasteiger partial charge in [0, 0.05) is 6.07 Å². The predicted molar refractivity (Wildman–Crippen MR) is 62.7 cm³/mol. The van der Waals surface area contributed by atoms with Crippen molar-refractivity contribution < 1.29 is 4.74 Å². The third-order valence-corrected chi connectivity index (χ3v) is 4.39. The number of hydrogen-bond acceptors (Lipinski definition) is 5. The van der Waals surface area contributed by atoms with Gasteiger partial charge in [-0.2, -0.15) is 0 Å². The summed E-state index contributed by atoms with van der Waals surface area (Å²) >= 11 is 3.50. The van der Waals surface area contributed by atoms with E-state index in [1.54, 1.807) is 30.6 Å². The lowest BCUT2D eigenvalue weighted by Crippen LogP contribution is -1.89. The van der Waals surface area contributed by atoms with Crippen molar-refractivity contribution in [2.24, 2.45) is 0 Å². The first kappa shape index (κ1) is 9.30. The Balaban J connectivity index is 2.24. The Hall–Kier alpha value is -0.940. The van der Waals surface area contributed by atoms with Crippen LogP contribution in [0.5, 0.6) is 5.75 Å². The number of nitrogens with zero attached hydrogens (tertiary/aromatic N) is 2. The molecule has 0 saturated heterocycles. The monoisotopic (exact) mass is 236 g/mol. The summed E-state index contributed by atoms with van der Waals surface area (Å²) in [5, 5.41) is 3.11. The van der Waals surface area contributed by atoms with Gasteiger partial charge < -0.3 is 4.74 Å². The standard InChI is InChI=1S/C10H8N2OS2/c1-13-6-2-3-7-8(4-6)12-10-9(11-7)14-5-15-10/h2-4H,5H2,1H3. The minimum absolute atomic E-state index is 0.826. The molecule has 0 N–H and O–H groups in total. The molecule has 0 amide bonds. The van der Waals surface area contributed by atoms with Crippen LogP contribution in [0.3, 0.4) is 0 Å². The maximum Gasteiger partial charge on any atom is 0.130 e. The fourth-order valence-electron chi connectivity index (χ4n) is 1.46. The van der Waals surface area contributed by atoms with E-state index in [-0.39, 0.29) is 0 Å². The largest absolute Gasteiger partial charge is 0.497 e. The first-order chi connectivity index (χ1) is 7.36. The van der Waals surface area contributed by atoms with Gasteiger partial charge in [0.05, 0.1) is 23.2 Å². The number of rotatable bonds is 1. The molecule has 3 rings (SSSR count). The highest BCUT2D eigenvalue weighted by molar-refractivity contribution is 8.18. The third kappa shape index (κ3) is 1.55. The number of hydrogen-bond donors (Lipinski definition) is 0. The van der Waals surface area contributed by atoms with Crippen LogP contribution in [0, 0.1) is 0 Å². The van der Waals surface area contributed by atoms with E-state index in [4.69, 9.17) is 4.74 Å². The summed E-state index contributed by atoms with van der Waals surface area (Å²) in [6.07, 6.45) is 0. The normalized spacial score (nSPS) is 14.2. The summed E-state index contributed by atoms with van der Waals surface area (Å²) in [6, 6.07) is 5.79. The summed E-state index contributed by atoms with van der Waals surface area (Å²) in [4.78, 5) is 9.12. The van der Waals surface area contributed by atoms with Crippen LogP contribution in [0.4, 0.5) is 0 Å². The SMILES string of the molecule is COc1ccc2nc3c(nc2c1)SCS3. The van der Waals surface area contributed by atoms with E-state index < -0.39 is 0 Å². The van der Waals surface area contributed by atoms with Crippen molar-refractivity contribution in [1.82, 2.24) is 9.97 Å². The number of ether oxygens (including phenoxy) is 1. The number of thioether (sulfide) groups is 2. The average Bonchev–Trinajstić information content (AvgIpc) is 2.72. The van der Waals surface area contributed by atoms with E-state index in [0.29, 0.717) is 0 Å². The van der Waals surface area contributed by atoms with Gasteiger partial charge in [0.2, 0.25) is 0 Å². The Morgan fingerprint density at radius 1 is 1.13 bits per heavy atom. The highest BCUT2D eigenvalue weighted by Gasteiger charge is 2.16. The summed E-state index contributed by atoms with van der Waals surface area (Å²) in [5.41, 5.74) is 1.84. The fourth-order valence-corrected chi connectivity index (χ4v) is 3.60. The van der Waals surface area contributed by atoms with Crippen molar-refractivity contribution in [2.75, 3.05) is 12.2 Å². The average molecular weight is 236 g/mol. The zero-order valence-corrected chi connectivity index (χ0v) is 9.69. The van der Waals surface area contributed by atoms with Crippen LogP contribution in [0.15, 0.2) is 28.3 Å². The molecule has 1 aliphatic rings. The van der Waals surface area contributed by atoms with Crippen LogP contribution in [0.1, 0.15) is 0 Å². The van der Waals surface area contributed by atoms with E-state index in [1.165, 1.54) is 0 Å². The van der Waals surface area contributed by atoms with Gasteiger partial charge in [-0.05, 0) is 12.1 Å². The molecule has 5 heteroatoms. The topological polar surface area (TPSA) is 35.0 Å². The lowest BCUT2D eigenvalue weighted by Gasteiger charge is -2.02. The molecule has 0 atom stereocenters. The van der Waals surface area contributed by atoms with Crippen molar-refractivity contribution in [2.45, 2.75) is 10.1 Å². The summed E-state index contributed by atoms with van der Waals surface area (Å²) in [6.45, 7) is 0. The second kappa shape index (κ2) is 3.57. The van der Waals surface area contributed by atoms with E-state index >= 15 is 0 Å². The minimum atomic E-state index is 0.826. The van der Waals surface area contributed by atoms with Crippen molar-refractivity contribution >= 4 is 34.6 Å². The first-order valence-electron chi connectivity index (χ1n) is 4.48. The zero-order chi connectivity index (χ0) is 10.3. The van der Waals surface area contributed by atoms with Crippen molar-refractivity contribution in [3.8, 4) is 5.75 Å². The quantitative estimate of drug-likeness (QED) is 0.760. The molecule has 76 valence electrons. The molecule has 15 heavy (non-hydrogen) atoms. The number of methoxy groups -OCH3 is 1. The molecule has 0 saturated carbocycles. The van der Waals surface area contributed by atoms with Gasteiger partial charge in [-0.25, -0.2) is 9.97 Å². The van der Waals surface area contributed by atoms with Gasteiger partial charge in [-0.3, -0.25) is 0 Å². The molecule has 1 aliphatic heterocycles. The van der Waals surface area contributed by atoms with E-state index in [1.807, 2.05) is 18.2 Å². The van der Waals surface area contributed by atoms with Gasteiger partial charge in [0.1, 0.15) is 15.8 Å². The molecular formula is C10H8N2OS2.